The Morgan fingerprint density at radius 3 is 2.10 bits per heavy atom. The maximum atomic E-state index is 13.3. The Labute approximate surface area is 113 Å². The molecule has 1 fully saturated rings. The zero-order valence-electron chi connectivity index (χ0n) is 11.1. The van der Waals surface area contributed by atoms with Gasteiger partial charge < -0.3 is 4.74 Å². The molecular formula is C14H14F4O2. The molecule has 1 aliphatic rings. The highest BCUT2D eigenvalue weighted by molar-refractivity contribution is 5.88. The number of hydrogen-bond acceptors (Lipinski definition) is 2. The predicted molar refractivity (Wildman–Crippen MR) is 63.3 cm³/mol. The number of ether oxygens (including phenoxy) is 1. The molecule has 1 aromatic carbocycles. The van der Waals surface area contributed by atoms with Gasteiger partial charge in [-0.1, -0.05) is 13.8 Å². The molecule has 1 aromatic rings. The fraction of sp³-hybridized carbons (Fsp3) is 0.500. The molecule has 0 radical (unpaired) electrons. The second kappa shape index (κ2) is 5.07. The molecule has 110 valence electrons. The van der Waals surface area contributed by atoms with Gasteiger partial charge in [0.2, 0.25) is 11.6 Å². The standard InChI is InChI=1S/C14H14F4O2/c1-7(2)14(3-4-14)10(19)6-20-13-11(17)8(15)5-9(16)12(13)18/h5,7H,3-4,6H2,1-2H3. The van der Waals surface area contributed by atoms with E-state index in [0.29, 0.717) is 12.8 Å². The number of halogens is 4. The van der Waals surface area contributed by atoms with E-state index in [2.05, 4.69) is 4.74 Å². The second-order valence-electron chi connectivity index (χ2n) is 5.32. The van der Waals surface area contributed by atoms with E-state index in [4.69, 9.17) is 0 Å². The zero-order chi connectivity index (χ0) is 15.1. The van der Waals surface area contributed by atoms with Crippen LogP contribution in [0.3, 0.4) is 0 Å². The molecule has 1 saturated carbocycles. The van der Waals surface area contributed by atoms with Crippen LogP contribution in [0, 0.1) is 34.6 Å². The maximum absolute atomic E-state index is 13.3. The van der Waals surface area contributed by atoms with Crippen LogP contribution in [-0.2, 0) is 4.79 Å². The Balaban J connectivity index is 2.14. The lowest BCUT2D eigenvalue weighted by Crippen LogP contribution is -2.27. The van der Waals surface area contributed by atoms with Crippen molar-refractivity contribution in [3.8, 4) is 5.75 Å². The van der Waals surface area contributed by atoms with Gasteiger partial charge in [0.25, 0.3) is 0 Å². The van der Waals surface area contributed by atoms with Gasteiger partial charge >= 0.3 is 0 Å². The van der Waals surface area contributed by atoms with Crippen molar-refractivity contribution >= 4 is 5.78 Å². The minimum absolute atomic E-state index is 0.0811. The second-order valence-corrected chi connectivity index (χ2v) is 5.32. The molecule has 0 saturated heterocycles. The first kappa shape index (κ1) is 14.8. The number of rotatable bonds is 5. The SMILES string of the molecule is CC(C)C1(C(=O)COc2c(F)c(F)cc(F)c2F)CC1. The number of carbonyl (C=O) groups is 1. The fourth-order valence-corrected chi connectivity index (χ4v) is 2.27. The van der Waals surface area contributed by atoms with Crippen molar-refractivity contribution in [1.82, 2.24) is 0 Å². The third-order valence-corrected chi connectivity index (χ3v) is 3.87. The van der Waals surface area contributed by atoms with E-state index in [0.717, 1.165) is 0 Å². The normalized spacial score (nSPS) is 16.4. The minimum atomic E-state index is -1.63. The minimum Gasteiger partial charge on any atom is -0.480 e. The first-order valence-corrected chi connectivity index (χ1v) is 6.28. The van der Waals surface area contributed by atoms with Crippen molar-refractivity contribution < 1.29 is 27.1 Å². The average molecular weight is 290 g/mol. The summed E-state index contributed by atoms with van der Waals surface area (Å²) in [6, 6.07) is 0.0931. The highest BCUT2D eigenvalue weighted by atomic mass is 19.2. The Morgan fingerprint density at radius 2 is 1.70 bits per heavy atom. The lowest BCUT2D eigenvalue weighted by Gasteiger charge is -2.18. The summed E-state index contributed by atoms with van der Waals surface area (Å²) in [6.07, 6.45) is 1.38. The van der Waals surface area contributed by atoms with Crippen molar-refractivity contribution in [2.75, 3.05) is 6.61 Å². The average Bonchev–Trinajstić information content (AvgIpc) is 3.17. The summed E-state index contributed by atoms with van der Waals surface area (Å²) in [5.74, 6) is -7.80. The summed E-state index contributed by atoms with van der Waals surface area (Å²) >= 11 is 0. The molecule has 2 nitrogen and oxygen atoms in total. The van der Waals surface area contributed by atoms with Gasteiger partial charge in [0.1, 0.15) is 6.61 Å². The lowest BCUT2D eigenvalue weighted by atomic mass is 9.88. The summed E-state index contributed by atoms with van der Waals surface area (Å²) in [7, 11) is 0. The molecule has 0 N–H and O–H groups in total. The molecule has 0 aliphatic heterocycles. The van der Waals surface area contributed by atoms with Crippen molar-refractivity contribution in [1.29, 1.82) is 0 Å². The Morgan fingerprint density at radius 1 is 1.20 bits per heavy atom. The smallest absolute Gasteiger partial charge is 0.203 e. The molecule has 0 aromatic heterocycles. The van der Waals surface area contributed by atoms with Crippen molar-refractivity contribution in [3.05, 3.63) is 29.3 Å². The largest absolute Gasteiger partial charge is 0.480 e. The third kappa shape index (κ3) is 2.39. The fourth-order valence-electron chi connectivity index (χ4n) is 2.27. The lowest BCUT2D eigenvalue weighted by molar-refractivity contribution is -0.127. The van der Waals surface area contributed by atoms with Crippen LogP contribution < -0.4 is 4.74 Å². The van der Waals surface area contributed by atoms with Crippen LogP contribution >= 0.6 is 0 Å². The van der Waals surface area contributed by atoms with Gasteiger partial charge in [0.15, 0.2) is 23.2 Å². The molecular weight excluding hydrogens is 276 g/mol. The van der Waals surface area contributed by atoms with Crippen LogP contribution in [0.15, 0.2) is 6.07 Å². The van der Waals surface area contributed by atoms with Crippen molar-refractivity contribution in [3.63, 3.8) is 0 Å². The van der Waals surface area contributed by atoms with Crippen LogP contribution in [-0.4, -0.2) is 12.4 Å². The molecule has 0 unspecified atom stereocenters. The predicted octanol–water partition coefficient (Wildman–Crippen LogP) is 3.63. The van der Waals surface area contributed by atoms with Crippen LogP contribution in [0.5, 0.6) is 5.75 Å². The van der Waals surface area contributed by atoms with E-state index >= 15 is 0 Å². The van der Waals surface area contributed by atoms with Gasteiger partial charge in [-0.05, 0) is 18.8 Å². The van der Waals surface area contributed by atoms with Crippen LogP contribution in [0.25, 0.3) is 0 Å². The molecule has 2 rings (SSSR count). The quantitative estimate of drug-likeness (QED) is 0.611. The van der Waals surface area contributed by atoms with Crippen LogP contribution in [0.2, 0.25) is 0 Å². The third-order valence-electron chi connectivity index (χ3n) is 3.87. The number of ketones is 1. The van der Waals surface area contributed by atoms with E-state index in [1.54, 1.807) is 0 Å². The monoisotopic (exact) mass is 290 g/mol. The molecule has 20 heavy (non-hydrogen) atoms. The van der Waals surface area contributed by atoms with Gasteiger partial charge in [-0.25, -0.2) is 8.78 Å². The molecule has 0 atom stereocenters. The van der Waals surface area contributed by atoms with E-state index in [1.165, 1.54) is 0 Å². The van der Waals surface area contributed by atoms with Crippen LogP contribution in [0.4, 0.5) is 17.6 Å². The first-order chi connectivity index (χ1) is 9.29. The summed E-state index contributed by atoms with van der Waals surface area (Å²) in [5.41, 5.74) is -0.529. The van der Waals surface area contributed by atoms with Gasteiger partial charge in [-0.15, -0.1) is 0 Å². The topological polar surface area (TPSA) is 26.3 Å². The summed E-state index contributed by atoms with van der Waals surface area (Å²) in [4.78, 5) is 12.0. The maximum Gasteiger partial charge on any atom is 0.203 e. The molecule has 0 bridgehead atoms. The Kier molecular flexibility index (Phi) is 3.75. The van der Waals surface area contributed by atoms with Gasteiger partial charge in [-0.3, -0.25) is 4.79 Å². The van der Waals surface area contributed by atoms with E-state index in [-0.39, 0.29) is 17.8 Å². The van der Waals surface area contributed by atoms with Gasteiger partial charge in [0.05, 0.1) is 0 Å². The highest BCUT2D eigenvalue weighted by Gasteiger charge is 2.51. The van der Waals surface area contributed by atoms with E-state index < -0.39 is 41.0 Å². The Bertz CT molecular complexity index is 524. The number of hydrogen-bond donors (Lipinski definition) is 0. The number of carbonyl (C=O) groups excluding carboxylic acids is 1. The molecule has 0 spiro atoms. The molecule has 1 aliphatic carbocycles. The van der Waals surface area contributed by atoms with Crippen LogP contribution in [0.1, 0.15) is 26.7 Å². The molecule has 0 heterocycles. The summed E-state index contributed by atoms with van der Waals surface area (Å²) in [5, 5.41) is 0. The van der Waals surface area contributed by atoms with E-state index in [1.807, 2.05) is 13.8 Å². The summed E-state index contributed by atoms with van der Waals surface area (Å²) < 4.78 is 57.3. The van der Waals surface area contributed by atoms with Crippen molar-refractivity contribution in [2.45, 2.75) is 26.7 Å². The molecule has 6 heteroatoms. The number of benzene rings is 1. The van der Waals surface area contributed by atoms with Gasteiger partial charge in [-0.2, -0.15) is 8.78 Å². The zero-order valence-corrected chi connectivity index (χ0v) is 11.1. The highest BCUT2D eigenvalue weighted by Crippen LogP contribution is 2.52. The first-order valence-electron chi connectivity index (χ1n) is 6.28. The van der Waals surface area contributed by atoms with E-state index in [9.17, 15) is 22.4 Å². The molecule has 0 amide bonds. The Hall–Kier alpha value is -1.59. The number of Topliss-reactive ketones (excluding diaryl/α,β-unsaturated/α-hetero) is 1. The van der Waals surface area contributed by atoms with Crippen molar-refractivity contribution in [2.24, 2.45) is 11.3 Å². The van der Waals surface area contributed by atoms with Gasteiger partial charge in [0, 0.05) is 11.5 Å². The summed E-state index contributed by atoms with van der Waals surface area (Å²) in [6.45, 7) is 3.14.